The Balaban J connectivity index is 4.23. The maximum Gasteiger partial charge on any atom is 0.392 e. The van der Waals surface area contributed by atoms with E-state index in [-0.39, 0.29) is 9.65 Å². The van der Waals surface area contributed by atoms with Crippen LogP contribution in [0.1, 0.15) is 39.5 Å². The van der Waals surface area contributed by atoms with Gasteiger partial charge in [-0.25, -0.2) is 9.59 Å². The van der Waals surface area contributed by atoms with Crippen LogP contribution < -0.4 is 0 Å². The molecule has 19 heavy (non-hydrogen) atoms. The lowest BCUT2D eigenvalue weighted by atomic mass is 10.2. The van der Waals surface area contributed by atoms with E-state index in [1.807, 2.05) is 13.8 Å². The second-order valence-corrected chi connectivity index (χ2v) is 5.94. The molecular formula is C14H16Br2O3. The van der Waals surface area contributed by atoms with Gasteiger partial charge in [-0.2, -0.15) is 0 Å². The molecule has 0 heterocycles. The van der Waals surface area contributed by atoms with E-state index in [0.717, 1.165) is 25.7 Å². The Morgan fingerprint density at radius 2 is 1.32 bits per heavy atom. The maximum atomic E-state index is 11.2. The zero-order valence-corrected chi connectivity index (χ0v) is 14.1. The predicted octanol–water partition coefficient (Wildman–Crippen LogP) is 3.19. The van der Waals surface area contributed by atoms with Crippen LogP contribution in [0, 0.1) is 23.7 Å². The topological polar surface area (TPSA) is 43.4 Å². The van der Waals surface area contributed by atoms with Gasteiger partial charge in [-0.05, 0) is 12.8 Å². The molecule has 5 heteroatoms. The van der Waals surface area contributed by atoms with E-state index in [9.17, 15) is 9.59 Å². The normalized spacial score (nSPS) is 12.2. The Hall–Kier alpha value is -0.780. The molecule has 0 spiro atoms. The van der Waals surface area contributed by atoms with Gasteiger partial charge in [0.15, 0.2) is 0 Å². The summed E-state index contributed by atoms with van der Waals surface area (Å²) in [6, 6.07) is 0. The van der Waals surface area contributed by atoms with Crippen LogP contribution in [-0.4, -0.2) is 21.6 Å². The summed E-state index contributed by atoms with van der Waals surface area (Å²) in [6.45, 7) is 4.03. The van der Waals surface area contributed by atoms with E-state index >= 15 is 0 Å². The van der Waals surface area contributed by atoms with Crippen molar-refractivity contribution in [1.29, 1.82) is 0 Å². The summed E-state index contributed by atoms with van der Waals surface area (Å²) in [5.74, 6) is 8.07. The van der Waals surface area contributed by atoms with Crippen LogP contribution in [0.2, 0.25) is 0 Å². The van der Waals surface area contributed by atoms with Crippen LogP contribution in [-0.2, 0) is 14.3 Å². The third-order valence-electron chi connectivity index (χ3n) is 1.93. The molecule has 0 aliphatic rings. The minimum Gasteiger partial charge on any atom is -0.373 e. The molecule has 0 rings (SSSR count). The smallest absolute Gasteiger partial charge is 0.373 e. The highest BCUT2D eigenvalue weighted by Gasteiger charge is 2.06. The molecule has 0 saturated carbocycles. The van der Waals surface area contributed by atoms with E-state index in [2.05, 4.69) is 60.3 Å². The summed E-state index contributed by atoms with van der Waals surface area (Å²) < 4.78 is 4.44. The molecule has 2 unspecified atom stereocenters. The fourth-order valence-electron chi connectivity index (χ4n) is 1.06. The van der Waals surface area contributed by atoms with Crippen LogP contribution in [0.4, 0.5) is 0 Å². The highest BCUT2D eigenvalue weighted by Crippen LogP contribution is 2.06. The molecule has 2 atom stereocenters. The Morgan fingerprint density at radius 3 is 1.63 bits per heavy atom. The largest absolute Gasteiger partial charge is 0.392 e. The number of carbonyl (C=O) groups is 2. The SMILES string of the molecule is CCCC(Br)C#CC(=O)OC(=O)C#CC(Br)CCC. The first-order valence-electron chi connectivity index (χ1n) is 6.06. The molecular weight excluding hydrogens is 376 g/mol. The zero-order valence-electron chi connectivity index (χ0n) is 11.0. The van der Waals surface area contributed by atoms with Gasteiger partial charge in [0.25, 0.3) is 0 Å². The van der Waals surface area contributed by atoms with Gasteiger partial charge < -0.3 is 4.74 Å². The van der Waals surface area contributed by atoms with Crippen molar-refractivity contribution >= 4 is 43.8 Å². The van der Waals surface area contributed by atoms with Gasteiger partial charge in [-0.3, -0.25) is 0 Å². The Labute approximate surface area is 131 Å². The number of ether oxygens (including phenoxy) is 1. The number of hydrogen-bond donors (Lipinski definition) is 0. The Morgan fingerprint density at radius 1 is 0.947 bits per heavy atom. The van der Waals surface area contributed by atoms with Crippen molar-refractivity contribution in [1.82, 2.24) is 0 Å². The standard InChI is InChI=1S/C14H16Br2O3/c1-3-5-11(15)7-9-13(17)19-14(18)10-8-12(16)6-4-2/h11-12H,3-6H2,1-2H3. The average molecular weight is 392 g/mol. The lowest BCUT2D eigenvalue weighted by Crippen LogP contribution is -2.09. The summed E-state index contributed by atoms with van der Waals surface area (Å²) in [4.78, 5) is 22.3. The predicted molar refractivity (Wildman–Crippen MR) is 81.9 cm³/mol. The fraction of sp³-hybridized carbons (Fsp3) is 0.571. The van der Waals surface area contributed by atoms with Gasteiger partial charge in [0.2, 0.25) is 0 Å². The van der Waals surface area contributed by atoms with Crippen LogP contribution in [0.25, 0.3) is 0 Å². The number of alkyl halides is 2. The van der Waals surface area contributed by atoms with Crippen molar-refractivity contribution < 1.29 is 14.3 Å². The molecule has 3 nitrogen and oxygen atoms in total. The number of rotatable bonds is 4. The Kier molecular flexibility index (Phi) is 10.6. The van der Waals surface area contributed by atoms with Gasteiger partial charge in [-0.1, -0.05) is 70.4 Å². The Bertz CT molecular complexity index is 383. The number of halogens is 2. The van der Waals surface area contributed by atoms with Crippen LogP contribution in [0.15, 0.2) is 0 Å². The highest BCUT2D eigenvalue weighted by atomic mass is 79.9. The molecule has 0 aliphatic carbocycles. The third kappa shape index (κ3) is 10.8. The van der Waals surface area contributed by atoms with Crippen molar-refractivity contribution in [2.24, 2.45) is 0 Å². The second kappa shape index (κ2) is 11.1. The van der Waals surface area contributed by atoms with Crippen LogP contribution in [0.5, 0.6) is 0 Å². The van der Waals surface area contributed by atoms with Gasteiger partial charge in [0.05, 0.1) is 9.65 Å². The minimum atomic E-state index is -0.874. The van der Waals surface area contributed by atoms with Crippen molar-refractivity contribution in [2.45, 2.75) is 49.2 Å². The highest BCUT2D eigenvalue weighted by molar-refractivity contribution is 9.09. The third-order valence-corrected chi connectivity index (χ3v) is 3.30. The average Bonchev–Trinajstić information content (AvgIpc) is 2.35. The zero-order chi connectivity index (χ0) is 14.7. The van der Waals surface area contributed by atoms with E-state index in [4.69, 9.17) is 0 Å². The molecule has 0 bridgehead atoms. The molecule has 104 valence electrons. The molecule has 0 amide bonds. The lowest BCUT2D eigenvalue weighted by molar-refractivity contribution is -0.151. The minimum absolute atomic E-state index is 0.0669. The van der Waals surface area contributed by atoms with Crippen molar-refractivity contribution in [3.8, 4) is 23.7 Å². The van der Waals surface area contributed by atoms with Gasteiger partial charge >= 0.3 is 11.9 Å². The summed E-state index contributed by atoms with van der Waals surface area (Å²) in [7, 11) is 0. The molecule has 0 aromatic rings. The lowest BCUT2D eigenvalue weighted by Gasteiger charge is -1.97. The first-order chi connectivity index (χ1) is 8.99. The van der Waals surface area contributed by atoms with Crippen LogP contribution in [0.3, 0.4) is 0 Å². The van der Waals surface area contributed by atoms with E-state index < -0.39 is 11.9 Å². The molecule has 0 fully saturated rings. The summed E-state index contributed by atoms with van der Waals surface area (Å²) in [5.41, 5.74) is 0. The van der Waals surface area contributed by atoms with E-state index in [1.165, 1.54) is 0 Å². The second-order valence-electron chi connectivity index (χ2n) is 3.73. The maximum absolute atomic E-state index is 11.2. The fourth-order valence-corrected chi connectivity index (χ4v) is 2.21. The summed E-state index contributed by atoms with van der Waals surface area (Å²) in [6.07, 6.45) is 3.56. The van der Waals surface area contributed by atoms with Gasteiger partial charge in [0, 0.05) is 11.8 Å². The summed E-state index contributed by atoms with van der Waals surface area (Å²) in [5, 5.41) is 0. The van der Waals surface area contributed by atoms with Crippen molar-refractivity contribution in [3.05, 3.63) is 0 Å². The van der Waals surface area contributed by atoms with Gasteiger partial charge in [-0.15, -0.1) is 0 Å². The molecule has 0 N–H and O–H groups in total. The first kappa shape index (κ1) is 18.2. The quantitative estimate of drug-likeness (QED) is 0.243. The molecule has 0 aromatic heterocycles. The number of esters is 2. The van der Waals surface area contributed by atoms with Crippen molar-refractivity contribution in [3.63, 3.8) is 0 Å². The van der Waals surface area contributed by atoms with Gasteiger partial charge in [0.1, 0.15) is 0 Å². The van der Waals surface area contributed by atoms with Crippen molar-refractivity contribution in [2.75, 3.05) is 0 Å². The van der Waals surface area contributed by atoms with E-state index in [0.29, 0.717) is 0 Å². The molecule has 0 radical (unpaired) electrons. The number of hydrogen-bond acceptors (Lipinski definition) is 3. The monoisotopic (exact) mass is 390 g/mol. The molecule has 0 aliphatic heterocycles. The first-order valence-corrected chi connectivity index (χ1v) is 7.89. The molecule has 0 aromatic carbocycles. The number of carbonyl (C=O) groups excluding carboxylic acids is 2. The summed E-state index contributed by atoms with van der Waals surface area (Å²) >= 11 is 6.60. The van der Waals surface area contributed by atoms with Crippen LogP contribution >= 0.6 is 31.9 Å². The molecule has 0 saturated heterocycles. The van der Waals surface area contributed by atoms with E-state index in [1.54, 1.807) is 0 Å².